The fraction of sp³-hybridized carbons (Fsp3) is 0.733. The molecule has 0 aromatic carbocycles. The number of nitrogens with zero attached hydrogens (tertiary/aromatic N) is 1. The van der Waals surface area contributed by atoms with Crippen LogP contribution in [0.5, 0.6) is 0 Å². The molecule has 1 fully saturated rings. The Hall–Kier alpha value is -1.16. The maximum Gasteiger partial charge on any atom is 0.233 e. The van der Waals surface area contributed by atoms with Gasteiger partial charge >= 0.3 is 0 Å². The van der Waals surface area contributed by atoms with E-state index in [9.17, 15) is 14.7 Å². The summed E-state index contributed by atoms with van der Waals surface area (Å²) in [5.74, 6) is -0.414. The molecule has 1 N–H and O–H groups in total. The highest BCUT2D eigenvalue weighted by Crippen LogP contribution is 2.38. The Morgan fingerprint density at radius 3 is 2.00 bits per heavy atom. The number of aliphatic hydroxyl groups excluding tert-OH is 1. The molecular formula is C15H23NO3. The SMILES string of the molecule is CCC(CC)(CO)CN1C(=O)C2CC=CCC2C1=O. The van der Waals surface area contributed by atoms with Gasteiger partial charge in [0.1, 0.15) is 0 Å². The van der Waals surface area contributed by atoms with Crippen LogP contribution in [0.15, 0.2) is 12.2 Å². The lowest BCUT2D eigenvalue weighted by Crippen LogP contribution is -2.43. The van der Waals surface area contributed by atoms with E-state index in [1.165, 1.54) is 4.90 Å². The second kappa shape index (κ2) is 5.45. The molecule has 0 saturated carbocycles. The molecule has 0 aromatic rings. The van der Waals surface area contributed by atoms with Gasteiger partial charge in [-0.25, -0.2) is 0 Å². The summed E-state index contributed by atoms with van der Waals surface area (Å²) in [5, 5.41) is 9.61. The number of carbonyl (C=O) groups excluding carboxylic acids is 2. The van der Waals surface area contributed by atoms with E-state index in [2.05, 4.69) is 0 Å². The number of imide groups is 1. The number of aliphatic hydroxyl groups is 1. The van der Waals surface area contributed by atoms with E-state index in [4.69, 9.17) is 0 Å². The van der Waals surface area contributed by atoms with Gasteiger partial charge in [0, 0.05) is 12.0 Å². The molecule has 1 saturated heterocycles. The summed E-state index contributed by atoms with van der Waals surface area (Å²) in [6.07, 6.45) is 6.88. The first-order chi connectivity index (χ1) is 9.08. The van der Waals surface area contributed by atoms with Crippen molar-refractivity contribution in [2.75, 3.05) is 13.2 Å². The summed E-state index contributed by atoms with van der Waals surface area (Å²) in [4.78, 5) is 26.1. The molecule has 1 aliphatic carbocycles. The number of amides is 2. The number of likely N-dealkylation sites (tertiary alicyclic amines) is 1. The molecule has 106 valence electrons. The highest BCUT2D eigenvalue weighted by Gasteiger charge is 2.48. The maximum atomic E-state index is 12.4. The maximum absolute atomic E-state index is 12.4. The van der Waals surface area contributed by atoms with Crippen LogP contribution in [-0.2, 0) is 9.59 Å². The number of rotatable bonds is 5. The molecule has 1 heterocycles. The summed E-state index contributed by atoms with van der Waals surface area (Å²) in [6, 6.07) is 0. The van der Waals surface area contributed by atoms with Crippen molar-refractivity contribution in [1.29, 1.82) is 0 Å². The molecule has 2 amide bonds. The van der Waals surface area contributed by atoms with E-state index in [1.807, 2.05) is 26.0 Å². The van der Waals surface area contributed by atoms with E-state index >= 15 is 0 Å². The van der Waals surface area contributed by atoms with Crippen LogP contribution in [0.1, 0.15) is 39.5 Å². The Labute approximate surface area is 114 Å². The molecule has 2 unspecified atom stereocenters. The van der Waals surface area contributed by atoms with Crippen LogP contribution < -0.4 is 0 Å². The first-order valence-corrected chi connectivity index (χ1v) is 7.19. The van der Waals surface area contributed by atoms with Gasteiger partial charge in [-0.2, -0.15) is 0 Å². The largest absolute Gasteiger partial charge is 0.396 e. The lowest BCUT2D eigenvalue weighted by atomic mass is 9.82. The van der Waals surface area contributed by atoms with Crippen molar-refractivity contribution < 1.29 is 14.7 Å². The van der Waals surface area contributed by atoms with E-state index < -0.39 is 0 Å². The number of hydrogen-bond donors (Lipinski definition) is 1. The molecule has 0 aromatic heterocycles. The highest BCUT2D eigenvalue weighted by atomic mass is 16.3. The minimum absolute atomic E-state index is 0.0185. The third-order valence-corrected chi connectivity index (χ3v) is 4.93. The Morgan fingerprint density at radius 1 is 1.16 bits per heavy atom. The fourth-order valence-corrected chi connectivity index (χ4v) is 3.11. The normalized spacial score (nSPS) is 27.0. The van der Waals surface area contributed by atoms with Crippen molar-refractivity contribution in [3.8, 4) is 0 Å². The lowest BCUT2D eigenvalue weighted by molar-refractivity contribution is -0.142. The van der Waals surface area contributed by atoms with Crippen molar-refractivity contribution in [3.63, 3.8) is 0 Å². The molecule has 2 atom stereocenters. The molecule has 2 rings (SSSR count). The molecule has 0 bridgehead atoms. The predicted octanol–water partition coefficient (Wildman–Crippen LogP) is 1.74. The van der Waals surface area contributed by atoms with Crippen molar-refractivity contribution in [1.82, 2.24) is 4.90 Å². The molecule has 1 aliphatic heterocycles. The highest BCUT2D eigenvalue weighted by molar-refractivity contribution is 6.05. The predicted molar refractivity (Wildman–Crippen MR) is 72.2 cm³/mol. The van der Waals surface area contributed by atoms with Crippen LogP contribution in [0.4, 0.5) is 0 Å². The van der Waals surface area contributed by atoms with Crippen LogP contribution in [0.3, 0.4) is 0 Å². The first kappa shape index (κ1) is 14.3. The Bertz CT molecular complexity index is 364. The summed E-state index contributed by atoms with van der Waals surface area (Å²) in [5.41, 5.74) is -0.341. The van der Waals surface area contributed by atoms with Crippen LogP contribution in [-0.4, -0.2) is 35.0 Å². The van der Waals surface area contributed by atoms with Crippen molar-refractivity contribution >= 4 is 11.8 Å². The number of allylic oxidation sites excluding steroid dienone is 2. The minimum atomic E-state index is -0.341. The van der Waals surface area contributed by atoms with Gasteiger partial charge in [-0.05, 0) is 25.7 Å². The van der Waals surface area contributed by atoms with Gasteiger partial charge in [0.25, 0.3) is 0 Å². The standard InChI is InChI=1S/C15H23NO3/c1-3-15(4-2,10-17)9-16-13(18)11-7-5-6-8-12(11)14(16)19/h5-6,11-12,17H,3-4,7-10H2,1-2H3. The van der Waals surface area contributed by atoms with E-state index in [-0.39, 0.29) is 35.7 Å². The van der Waals surface area contributed by atoms with Crippen LogP contribution in [0.25, 0.3) is 0 Å². The zero-order chi connectivity index (χ0) is 14.0. The third-order valence-electron chi connectivity index (χ3n) is 4.93. The summed E-state index contributed by atoms with van der Waals surface area (Å²) < 4.78 is 0. The first-order valence-electron chi connectivity index (χ1n) is 7.19. The van der Waals surface area contributed by atoms with Gasteiger partial charge in [0.2, 0.25) is 11.8 Å². The second-order valence-electron chi connectivity index (χ2n) is 5.78. The third kappa shape index (κ3) is 2.34. The summed E-state index contributed by atoms with van der Waals surface area (Å²) in [7, 11) is 0. The van der Waals surface area contributed by atoms with Crippen molar-refractivity contribution in [3.05, 3.63) is 12.2 Å². The van der Waals surface area contributed by atoms with Crippen LogP contribution in [0, 0.1) is 17.3 Å². The molecule has 4 nitrogen and oxygen atoms in total. The Morgan fingerprint density at radius 2 is 1.63 bits per heavy atom. The monoisotopic (exact) mass is 265 g/mol. The van der Waals surface area contributed by atoms with Crippen molar-refractivity contribution in [2.24, 2.45) is 17.3 Å². The summed E-state index contributed by atoms with van der Waals surface area (Å²) >= 11 is 0. The average Bonchev–Trinajstić information content (AvgIpc) is 2.70. The van der Waals surface area contributed by atoms with Gasteiger partial charge < -0.3 is 5.11 Å². The smallest absolute Gasteiger partial charge is 0.233 e. The zero-order valence-corrected chi connectivity index (χ0v) is 11.8. The van der Waals surface area contributed by atoms with Gasteiger partial charge in [0.15, 0.2) is 0 Å². The van der Waals surface area contributed by atoms with E-state index in [0.29, 0.717) is 19.4 Å². The van der Waals surface area contributed by atoms with Crippen LogP contribution in [0.2, 0.25) is 0 Å². The summed E-state index contributed by atoms with van der Waals surface area (Å²) in [6.45, 7) is 4.38. The van der Waals surface area contributed by atoms with E-state index in [0.717, 1.165) is 12.8 Å². The average molecular weight is 265 g/mol. The molecule has 0 radical (unpaired) electrons. The van der Waals surface area contributed by atoms with Gasteiger partial charge in [0.05, 0.1) is 18.4 Å². The molecular weight excluding hydrogens is 242 g/mol. The van der Waals surface area contributed by atoms with Gasteiger partial charge in [-0.1, -0.05) is 26.0 Å². The quantitative estimate of drug-likeness (QED) is 0.608. The van der Waals surface area contributed by atoms with Crippen LogP contribution >= 0.6 is 0 Å². The lowest BCUT2D eigenvalue weighted by Gasteiger charge is -2.33. The molecule has 0 spiro atoms. The number of carbonyl (C=O) groups is 2. The fourth-order valence-electron chi connectivity index (χ4n) is 3.11. The molecule has 2 aliphatic rings. The van der Waals surface area contributed by atoms with Gasteiger partial charge in [-0.3, -0.25) is 14.5 Å². The Kier molecular flexibility index (Phi) is 4.09. The van der Waals surface area contributed by atoms with E-state index in [1.54, 1.807) is 0 Å². The second-order valence-corrected chi connectivity index (χ2v) is 5.78. The molecule has 4 heteroatoms. The minimum Gasteiger partial charge on any atom is -0.396 e. The Balaban J connectivity index is 2.17. The number of hydrogen-bond acceptors (Lipinski definition) is 3. The topological polar surface area (TPSA) is 57.6 Å². The molecule has 19 heavy (non-hydrogen) atoms. The zero-order valence-electron chi connectivity index (χ0n) is 11.8. The van der Waals surface area contributed by atoms with Crippen molar-refractivity contribution in [2.45, 2.75) is 39.5 Å². The number of fused-ring (bicyclic) bond motifs is 1. The van der Waals surface area contributed by atoms with Gasteiger partial charge in [-0.15, -0.1) is 0 Å².